The number of H-pyrrole nitrogens is 1. The minimum atomic E-state index is -0.428. The summed E-state index contributed by atoms with van der Waals surface area (Å²) in [6, 6.07) is 2.71. The summed E-state index contributed by atoms with van der Waals surface area (Å²) < 4.78 is 13.0. The lowest BCUT2D eigenvalue weighted by Crippen LogP contribution is -1.84. The highest BCUT2D eigenvalue weighted by Crippen LogP contribution is 2.23. The quantitative estimate of drug-likeness (QED) is 0.659. The van der Waals surface area contributed by atoms with E-state index < -0.39 is 5.82 Å². The van der Waals surface area contributed by atoms with E-state index >= 15 is 0 Å². The standard InChI is InChI=1S/C7H5ClFN3/c8-3-1-2-4(9)6-5(3)11-7(10)12-6/h1-2H,(H3,10,11,12). The molecule has 5 heteroatoms. The Morgan fingerprint density at radius 2 is 2.25 bits per heavy atom. The first-order chi connectivity index (χ1) is 5.68. The van der Waals surface area contributed by atoms with E-state index in [1.54, 1.807) is 0 Å². The average molecular weight is 186 g/mol. The molecule has 3 N–H and O–H groups in total. The molecule has 0 aliphatic rings. The van der Waals surface area contributed by atoms with Gasteiger partial charge in [-0.3, -0.25) is 0 Å². The number of benzene rings is 1. The highest BCUT2D eigenvalue weighted by Gasteiger charge is 2.08. The lowest BCUT2D eigenvalue weighted by Gasteiger charge is -1.91. The molecule has 0 unspecified atom stereocenters. The Balaban J connectivity index is 2.93. The van der Waals surface area contributed by atoms with E-state index in [1.807, 2.05) is 0 Å². The minimum absolute atomic E-state index is 0.164. The smallest absolute Gasteiger partial charge is 0.198 e. The van der Waals surface area contributed by atoms with Crippen LogP contribution in [0.5, 0.6) is 0 Å². The summed E-state index contributed by atoms with van der Waals surface area (Å²) in [5, 5.41) is 0.413. The zero-order valence-corrected chi connectivity index (χ0v) is 6.69. The van der Waals surface area contributed by atoms with E-state index in [0.717, 1.165) is 0 Å². The number of aromatic nitrogens is 2. The molecule has 0 saturated heterocycles. The number of fused-ring (bicyclic) bond motifs is 1. The summed E-state index contributed by atoms with van der Waals surface area (Å²) in [5.41, 5.74) is 5.96. The van der Waals surface area contributed by atoms with Crippen LogP contribution in [0.4, 0.5) is 10.3 Å². The number of nitrogen functional groups attached to an aromatic ring is 1. The maximum atomic E-state index is 13.0. The number of halogens is 2. The van der Waals surface area contributed by atoms with Crippen molar-refractivity contribution in [1.82, 2.24) is 9.97 Å². The summed E-state index contributed by atoms with van der Waals surface area (Å²) in [5.74, 6) is -0.264. The molecule has 1 aromatic carbocycles. The third-order valence-electron chi connectivity index (χ3n) is 1.56. The third kappa shape index (κ3) is 0.921. The summed E-state index contributed by atoms with van der Waals surface area (Å²) in [4.78, 5) is 6.40. The molecule has 0 radical (unpaired) electrons. The zero-order valence-electron chi connectivity index (χ0n) is 5.94. The first-order valence-electron chi connectivity index (χ1n) is 3.27. The molecular formula is C7H5ClFN3. The molecule has 0 spiro atoms. The molecule has 12 heavy (non-hydrogen) atoms. The van der Waals surface area contributed by atoms with E-state index in [9.17, 15) is 4.39 Å². The fourth-order valence-corrected chi connectivity index (χ4v) is 1.25. The van der Waals surface area contributed by atoms with E-state index in [4.69, 9.17) is 17.3 Å². The summed E-state index contributed by atoms with van der Waals surface area (Å²) in [6.07, 6.45) is 0. The fourth-order valence-electron chi connectivity index (χ4n) is 1.05. The van der Waals surface area contributed by atoms with Crippen molar-refractivity contribution in [2.75, 3.05) is 5.73 Å². The average Bonchev–Trinajstić information content (AvgIpc) is 2.41. The van der Waals surface area contributed by atoms with Gasteiger partial charge in [-0.2, -0.15) is 0 Å². The van der Waals surface area contributed by atoms with Crippen molar-refractivity contribution in [2.45, 2.75) is 0 Å². The highest BCUT2D eigenvalue weighted by molar-refractivity contribution is 6.35. The molecule has 3 nitrogen and oxygen atoms in total. The molecule has 0 atom stereocenters. The number of imidazole rings is 1. The van der Waals surface area contributed by atoms with Gasteiger partial charge in [-0.1, -0.05) is 11.6 Å². The van der Waals surface area contributed by atoms with Crippen molar-refractivity contribution in [3.8, 4) is 0 Å². The molecule has 0 aliphatic heterocycles. The van der Waals surface area contributed by atoms with E-state index in [2.05, 4.69) is 9.97 Å². The van der Waals surface area contributed by atoms with Crippen molar-refractivity contribution in [3.05, 3.63) is 23.0 Å². The number of hydrogen-bond donors (Lipinski definition) is 2. The number of nitrogens with two attached hydrogens (primary N) is 1. The van der Waals surface area contributed by atoms with Crippen molar-refractivity contribution < 1.29 is 4.39 Å². The molecular weight excluding hydrogens is 181 g/mol. The Kier molecular flexibility index (Phi) is 1.44. The molecule has 0 saturated carbocycles. The van der Waals surface area contributed by atoms with Gasteiger partial charge in [0.2, 0.25) is 0 Å². The van der Waals surface area contributed by atoms with E-state index in [1.165, 1.54) is 12.1 Å². The Bertz CT molecular complexity index is 398. The molecule has 2 rings (SSSR count). The van der Waals surface area contributed by atoms with Gasteiger partial charge in [0.25, 0.3) is 0 Å². The van der Waals surface area contributed by atoms with Crippen LogP contribution in [0.15, 0.2) is 12.1 Å². The third-order valence-corrected chi connectivity index (χ3v) is 1.88. The van der Waals surface area contributed by atoms with Crippen molar-refractivity contribution in [1.29, 1.82) is 0 Å². The predicted molar refractivity (Wildman–Crippen MR) is 45.5 cm³/mol. The first-order valence-corrected chi connectivity index (χ1v) is 3.65. The van der Waals surface area contributed by atoms with Crippen LogP contribution in [0.25, 0.3) is 11.0 Å². The topological polar surface area (TPSA) is 54.7 Å². The van der Waals surface area contributed by atoms with Gasteiger partial charge in [0, 0.05) is 0 Å². The Morgan fingerprint density at radius 1 is 1.50 bits per heavy atom. The van der Waals surface area contributed by atoms with Crippen LogP contribution in [0, 0.1) is 5.82 Å². The van der Waals surface area contributed by atoms with Gasteiger partial charge in [0.15, 0.2) is 11.8 Å². The second-order valence-corrected chi connectivity index (χ2v) is 2.78. The molecule has 1 heterocycles. The summed E-state index contributed by atoms with van der Waals surface area (Å²) in [7, 11) is 0. The number of nitrogens with one attached hydrogen (secondary N) is 1. The van der Waals surface area contributed by atoms with Gasteiger partial charge in [0.1, 0.15) is 5.52 Å². The van der Waals surface area contributed by atoms with E-state index in [0.29, 0.717) is 10.5 Å². The first kappa shape index (κ1) is 7.36. The van der Waals surface area contributed by atoms with Crippen LogP contribution in [-0.2, 0) is 0 Å². The Labute approximate surface area is 72.4 Å². The predicted octanol–water partition coefficient (Wildman–Crippen LogP) is 1.94. The fraction of sp³-hybridized carbons (Fsp3) is 0. The molecule has 62 valence electrons. The molecule has 1 aromatic heterocycles. The molecule has 0 aliphatic carbocycles. The van der Waals surface area contributed by atoms with Gasteiger partial charge < -0.3 is 10.7 Å². The van der Waals surface area contributed by atoms with Gasteiger partial charge in [0.05, 0.1) is 10.5 Å². The lowest BCUT2D eigenvalue weighted by molar-refractivity contribution is 0.637. The van der Waals surface area contributed by atoms with E-state index in [-0.39, 0.29) is 11.5 Å². The van der Waals surface area contributed by atoms with Crippen LogP contribution in [0.2, 0.25) is 5.02 Å². The molecule has 0 fully saturated rings. The molecule has 0 bridgehead atoms. The minimum Gasteiger partial charge on any atom is -0.369 e. The number of hydrogen-bond acceptors (Lipinski definition) is 2. The van der Waals surface area contributed by atoms with Crippen LogP contribution in [0.3, 0.4) is 0 Å². The Morgan fingerprint density at radius 3 is 2.92 bits per heavy atom. The van der Waals surface area contributed by atoms with Gasteiger partial charge in [-0.15, -0.1) is 0 Å². The second-order valence-electron chi connectivity index (χ2n) is 2.37. The lowest BCUT2D eigenvalue weighted by atomic mass is 10.3. The molecule has 0 amide bonds. The zero-order chi connectivity index (χ0) is 8.72. The monoisotopic (exact) mass is 185 g/mol. The van der Waals surface area contributed by atoms with Crippen molar-refractivity contribution >= 4 is 28.6 Å². The van der Waals surface area contributed by atoms with Crippen molar-refractivity contribution in [3.63, 3.8) is 0 Å². The number of aromatic amines is 1. The Hall–Kier alpha value is -1.29. The summed E-state index contributed by atoms with van der Waals surface area (Å²) >= 11 is 5.75. The number of nitrogens with zero attached hydrogens (tertiary/aromatic N) is 1. The molecule has 2 aromatic rings. The normalized spacial score (nSPS) is 10.8. The van der Waals surface area contributed by atoms with Crippen molar-refractivity contribution in [2.24, 2.45) is 0 Å². The maximum Gasteiger partial charge on any atom is 0.198 e. The van der Waals surface area contributed by atoms with Crippen LogP contribution in [0.1, 0.15) is 0 Å². The van der Waals surface area contributed by atoms with Crippen LogP contribution < -0.4 is 5.73 Å². The number of anilines is 1. The number of rotatable bonds is 0. The summed E-state index contributed by atoms with van der Waals surface area (Å²) in [6.45, 7) is 0. The largest absolute Gasteiger partial charge is 0.369 e. The SMILES string of the molecule is Nc1nc2c(F)ccc(Cl)c2[nH]1. The second kappa shape index (κ2) is 2.35. The van der Waals surface area contributed by atoms with Gasteiger partial charge >= 0.3 is 0 Å². The highest BCUT2D eigenvalue weighted by atomic mass is 35.5. The van der Waals surface area contributed by atoms with Gasteiger partial charge in [-0.25, -0.2) is 9.37 Å². The van der Waals surface area contributed by atoms with Crippen LogP contribution >= 0.6 is 11.6 Å². The van der Waals surface area contributed by atoms with Crippen LogP contribution in [-0.4, -0.2) is 9.97 Å². The maximum absolute atomic E-state index is 13.0. The van der Waals surface area contributed by atoms with Gasteiger partial charge in [-0.05, 0) is 12.1 Å².